The SMILES string of the molecule is COc1ccc(C2(CC(=O)N3CCN(Cc4ccccc4C)CC3)CC(=O)N(C3CC3)C2=O)cc1. The minimum absolute atomic E-state index is 0.00443. The molecule has 1 saturated carbocycles. The summed E-state index contributed by atoms with van der Waals surface area (Å²) < 4.78 is 5.28. The minimum atomic E-state index is -1.14. The van der Waals surface area contributed by atoms with E-state index in [-0.39, 0.29) is 36.6 Å². The molecule has 0 radical (unpaired) electrons. The van der Waals surface area contributed by atoms with Gasteiger partial charge in [-0.3, -0.25) is 24.2 Å². The number of carbonyl (C=O) groups excluding carboxylic acids is 3. The fourth-order valence-corrected chi connectivity index (χ4v) is 5.39. The van der Waals surface area contributed by atoms with Crippen LogP contribution >= 0.6 is 0 Å². The van der Waals surface area contributed by atoms with Crippen LogP contribution in [0.5, 0.6) is 5.75 Å². The number of benzene rings is 2. The van der Waals surface area contributed by atoms with Gasteiger partial charge in [0.05, 0.1) is 12.5 Å². The maximum absolute atomic E-state index is 13.7. The number of ether oxygens (including phenoxy) is 1. The Morgan fingerprint density at radius 1 is 1.00 bits per heavy atom. The molecule has 7 nitrogen and oxygen atoms in total. The number of methoxy groups -OCH3 is 1. The highest BCUT2D eigenvalue weighted by Crippen LogP contribution is 2.44. The Labute approximate surface area is 206 Å². The summed E-state index contributed by atoms with van der Waals surface area (Å²) in [5.41, 5.74) is 2.16. The Kier molecular flexibility index (Phi) is 6.36. The molecule has 2 aromatic carbocycles. The van der Waals surface area contributed by atoms with Crippen molar-refractivity contribution in [3.05, 3.63) is 65.2 Å². The summed E-state index contributed by atoms with van der Waals surface area (Å²) in [6.07, 6.45) is 1.78. The molecule has 3 fully saturated rings. The minimum Gasteiger partial charge on any atom is -0.497 e. The molecule has 3 aliphatic rings. The second-order valence-corrected chi connectivity index (χ2v) is 10.0. The molecule has 0 bridgehead atoms. The van der Waals surface area contributed by atoms with E-state index in [2.05, 4.69) is 30.0 Å². The average molecular weight is 476 g/mol. The van der Waals surface area contributed by atoms with Gasteiger partial charge in [-0.25, -0.2) is 0 Å². The van der Waals surface area contributed by atoms with Crippen molar-refractivity contribution in [1.29, 1.82) is 0 Å². The van der Waals surface area contributed by atoms with E-state index in [1.165, 1.54) is 16.0 Å². The first-order chi connectivity index (χ1) is 16.9. The number of piperazine rings is 1. The van der Waals surface area contributed by atoms with Gasteiger partial charge in [-0.05, 0) is 48.6 Å². The Hall–Kier alpha value is -3.19. The fourth-order valence-electron chi connectivity index (χ4n) is 5.39. The predicted molar refractivity (Wildman–Crippen MR) is 132 cm³/mol. The van der Waals surface area contributed by atoms with Crippen LogP contribution < -0.4 is 4.74 Å². The van der Waals surface area contributed by atoms with Crippen molar-refractivity contribution in [2.45, 2.75) is 50.6 Å². The van der Waals surface area contributed by atoms with Crippen molar-refractivity contribution in [3.8, 4) is 5.75 Å². The van der Waals surface area contributed by atoms with Crippen LogP contribution in [0, 0.1) is 6.92 Å². The van der Waals surface area contributed by atoms with E-state index in [0.29, 0.717) is 24.4 Å². The van der Waals surface area contributed by atoms with Crippen molar-refractivity contribution in [2.24, 2.45) is 0 Å². The van der Waals surface area contributed by atoms with E-state index in [1.807, 2.05) is 23.1 Å². The van der Waals surface area contributed by atoms with Gasteiger partial charge in [0, 0.05) is 51.6 Å². The number of likely N-dealkylation sites (tertiary alicyclic amines) is 1. The van der Waals surface area contributed by atoms with E-state index in [0.717, 1.165) is 32.5 Å². The Morgan fingerprint density at radius 3 is 2.31 bits per heavy atom. The molecule has 2 heterocycles. The topological polar surface area (TPSA) is 70.2 Å². The molecular weight excluding hydrogens is 442 g/mol. The van der Waals surface area contributed by atoms with E-state index >= 15 is 0 Å². The summed E-state index contributed by atoms with van der Waals surface area (Å²) in [6.45, 7) is 5.81. The Balaban J connectivity index is 1.31. The summed E-state index contributed by atoms with van der Waals surface area (Å²) in [6, 6.07) is 15.6. The zero-order valence-corrected chi connectivity index (χ0v) is 20.5. The monoisotopic (exact) mass is 475 g/mol. The third-order valence-electron chi connectivity index (χ3n) is 7.74. The van der Waals surface area contributed by atoms with Gasteiger partial charge in [0.2, 0.25) is 17.7 Å². The van der Waals surface area contributed by atoms with Crippen LogP contribution in [-0.2, 0) is 26.3 Å². The van der Waals surface area contributed by atoms with E-state index in [9.17, 15) is 14.4 Å². The second kappa shape index (κ2) is 9.46. The molecule has 5 rings (SSSR count). The summed E-state index contributed by atoms with van der Waals surface area (Å²) in [4.78, 5) is 45.8. The summed E-state index contributed by atoms with van der Waals surface area (Å²) in [5.74, 6) is 0.233. The van der Waals surface area contributed by atoms with Gasteiger partial charge in [0.15, 0.2) is 0 Å². The van der Waals surface area contributed by atoms with E-state index < -0.39 is 5.41 Å². The smallest absolute Gasteiger partial charge is 0.241 e. The van der Waals surface area contributed by atoms with Crippen molar-refractivity contribution >= 4 is 17.7 Å². The molecule has 7 heteroatoms. The zero-order chi connectivity index (χ0) is 24.6. The highest BCUT2D eigenvalue weighted by atomic mass is 16.5. The van der Waals surface area contributed by atoms with E-state index in [4.69, 9.17) is 4.74 Å². The predicted octanol–water partition coefficient (Wildman–Crippen LogP) is 2.90. The van der Waals surface area contributed by atoms with Gasteiger partial charge >= 0.3 is 0 Å². The third kappa shape index (κ3) is 4.57. The number of hydrogen-bond acceptors (Lipinski definition) is 5. The highest BCUT2D eigenvalue weighted by molar-refractivity contribution is 6.11. The van der Waals surface area contributed by atoms with Crippen molar-refractivity contribution in [2.75, 3.05) is 33.3 Å². The molecule has 3 amide bonds. The number of rotatable bonds is 7. The molecule has 0 N–H and O–H groups in total. The number of nitrogens with zero attached hydrogens (tertiary/aromatic N) is 3. The molecule has 184 valence electrons. The maximum Gasteiger partial charge on any atom is 0.241 e. The average Bonchev–Trinajstić information content (AvgIpc) is 3.67. The first-order valence-electron chi connectivity index (χ1n) is 12.5. The van der Waals surface area contributed by atoms with Crippen LogP contribution in [-0.4, -0.2) is 71.8 Å². The van der Waals surface area contributed by atoms with Crippen LogP contribution in [0.2, 0.25) is 0 Å². The van der Waals surface area contributed by atoms with Gasteiger partial charge < -0.3 is 9.64 Å². The quantitative estimate of drug-likeness (QED) is 0.576. The first-order valence-corrected chi connectivity index (χ1v) is 12.5. The normalized spacial score (nSPS) is 23.1. The lowest BCUT2D eigenvalue weighted by atomic mass is 9.75. The van der Waals surface area contributed by atoms with Gasteiger partial charge in [-0.2, -0.15) is 0 Å². The molecule has 35 heavy (non-hydrogen) atoms. The summed E-state index contributed by atoms with van der Waals surface area (Å²) >= 11 is 0. The Bertz CT molecular complexity index is 1120. The van der Waals surface area contributed by atoms with Crippen LogP contribution in [0.25, 0.3) is 0 Å². The fraction of sp³-hybridized carbons (Fsp3) is 0.464. The lowest BCUT2D eigenvalue weighted by molar-refractivity contribution is -0.143. The van der Waals surface area contributed by atoms with E-state index in [1.54, 1.807) is 19.2 Å². The lowest BCUT2D eigenvalue weighted by Crippen LogP contribution is -2.50. The standard InChI is InChI=1S/C28H33N3O4/c1-20-5-3-4-6-21(20)19-29-13-15-30(16-14-29)25(32)17-28(22-7-11-24(35-2)12-8-22)18-26(33)31(27(28)34)23-9-10-23/h3-8,11-12,23H,9-10,13-19H2,1-2H3. The van der Waals surface area contributed by atoms with Gasteiger partial charge in [-0.15, -0.1) is 0 Å². The molecule has 2 aliphatic heterocycles. The number of imide groups is 1. The third-order valence-corrected chi connectivity index (χ3v) is 7.74. The van der Waals surface area contributed by atoms with Crippen LogP contribution in [0.15, 0.2) is 48.5 Å². The first kappa shape index (κ1) is 23.5. The molecule has 1 atom stereocenters. The number of hydrogen-bond donors (Lipinski definition) is 0. The van der Waals surface area contributed by atoms with Crippen LogP contribution in [0.1, 0.15) is 42.4 Å². The molecule has 2 saturated heterocycles. The highest BCUT2D eigenvalue weighted by Gasteiger charge is 2.57. The maximum atomic E-state index is 13.7. The second-order valence-electron chi connectivity index (χ2n) is 10.0. The molecular formula is C28H33N3O4. The van der Waals surface area contributed by atoms with Crippen molar-refractivity contribution < 1.29 is 19.1 Å². The van der Waals surface area contributed by atoms with Crippen LogP contribution in [0.4, 0.5) is 0 Å². The number of aryl methyl sites for hydroxylation is 1. The molecule has 0 aromatic heterocycles. The van der Waals surface area contributed by atoms with Gasteiger partial charge in [0.1, 0.15) is 5.75 Å². The zero-order valence-electron chi connectivity index (χ0n) is 20.5. The molecule has 1 unspecified atom stereocenters. The molecule has 1 aliphatic carbocycles. The largest absolute Gasteiger partial charge is 0.497 e. The van der Waals surface area contributed by atoms with Crippen molar-refractivity contribution in [3.63, 3.8) is 0 Å². The summed E-state index contributed by atoms with van der Waals surface area (Å²) in [7, 11) is 1.59. The Morgan fingerprint density at radius 2 is 1.69 bits per heavy atom. The molecule has 0 spiro atoms. The molecule has 2 aromatic rings. The number of amides is 3. The van der Waals surface area contributed by atoms with Gasteiger partial charge in [-0.1, -0.05) is 36.4 Å². The van der Waals surface area contributed by atoms with Crippen molar-refractivity contribution in [1.82, 2.24) is 14.7 Å². The van der Waals surface area contributed by atoms with Crippen LogP contribution in [0.3, 0.4) is 0 Å². The van der Waals surface area contributed by atoms with Gasteiger partial charge in [0.25, 0.3) is 0 Å². The summed E-state index contributed by atoms with van der Waals surface area (Å²) in [5, 5.41) is 0. The lowest BCUT2D eigenvalue weighted by Gasteiger charge is -2.37. The number of carbonyl (C=O) groups is 3.